The van der Waals surface area contributed by atoms with Crippen molar-refractivity contribution in [3.8, 4) is 5.75 Å². The molecule has 0 aliphatic heterocycles. The van der Waals surface area contributed by atoms with E-state index in [0.29, 0.717) is 22.8 Å². The Balaban J connectivity index is 2.09. The average molecular weight is 289 g/mol. The number of aliphatic carboxylic acids is 1. The Hall–Kier alpha value is -2.76. The minimum Gasteiger partial charge on any atom is -0.482 e. The number of ether oxygens (including phenoxy) is 1. The number of rotatable bonds is 5. The number of hydrogen-bond donors (Lipinski definition) is 2. The summed E-state index contributed by atoms with van der Waals surface area (Å²) in [6.07, 6.45) is 1.46. The van der Waals surface area contributed by atoms with Gasteiger partial charge in [-0.2, -0.15) is 0 Å². The van der Waals surface area contributed by atoms with E-state index in [-0.39, 0.29) is 5.91 Å². The van der Waals surface area contributed by atoms with Gasteiger partial charge in [0.2, 0.25) is 0 Å². The zero-order valence-corrected chi connectivity index (χ0v) is 11.7. The van der Waals surface area contributed by atoms with E-state index in [2.05, 4.69) is 5.32 Å². The fraction of sp³-hybridized carbons (Fsp3) is 0.200. The van der Waals surface area contributed by atoms with Crippen molar-refractivity contribution >= 4 is 17.6 Å². The third kappa shape index (κ3) is 3.62. The maximum atomic E-state index is 12.1. The van der Waals surface area contributed by atoms with Crippen LogP contribution in [0, 0.1) is 13.8 Å². The normalized spacial score (nSPS) is 10.2. The molecule has 0 aliphatic carbocycles. The maximum absolute atomic E-state index is 12.1. The summed E-state index contributed by atoms with van der Waals surface area (Å²) < 4.78 is 10.2. The highest BCUT2D eigenvalue weighted by Gasteiger charge is 2.13. The van der Waals surface area contributed by atoms with E-state index in [1.165, 1.54) is 6.26 Å². The Labute approximate surface area is 121 Å². The van der Waals surface area contributed by atoms with Gasteiger partial charge in [0.25, 0.3) is 5.91 Å². The van der Waals surface area contributed by atoms with Crippen LogP contribution in [0.4, 0.5) is 5.69 Å². The highest BCUT2D eigenvalue weighted by Crippen LogP contribution is 2.22. The quantitative estimate of drug-likeness (QED) is 0.883. The van der Waals surface area contributed by atoms with Gasteiger partial charge in [-0.25, -0.2) is 4.79 Å². The van der Waals surface area contributed by atoms with Gasteiger partial charge in [0.05, 0.1) is 11.8 Å². The molecule has 0 bridgehead atoms. The molecule has 0 spiro atoms. The Kier molecular flexibility index (Phi) is 4.27. The molecule has 2 aromatic rings. The summed E-state index contributed by atoms with van der Waals surface area (Å²) >= 11 is 0. The molecule has 1 heterocycles. The predicted molar refractivity (Wildman–Crippen MR) is 75.7 cm³/mol. The van der Waals surface area contributed by atoms with Gasteiger partial charge in [0.1, 0.15) is 11.5 Å². The Bertz CT molecular complexity index is 674. The SMILES string of the molecule is Cc1cc(OCC(=O)O)ccc1NC(=O)c1ccoc1C. The maximum Gasteiger partial charge on any atom is 0.341 e. The van der Waals surface area contributed by atoms with E-state index in [0.717, 1.165) is 5.56 Å². The van der Waals surface area contributed by atoms with Gasteiger partial charge < -0.3 is 19.6 Å². The van der Waals surface area contributed by atoms with Crippen LogP contribution in [0.15, 0.2) is 34.9 Å². The molecular weight excluding hydrogens is 274 g/mol. The highest BCUT2D eigenvalue weighted by molar-refractivity contribution is 6.05. The molecule has 0 atom stereocenters. The number of carboxylic acids is 1. The number of aryl methyl sites for hydroxylation is 2. The van der Waals surface area contributed by atoms with Gasteiger partial charge in [-0.05, 0) is 43.7 Å². The van der Waals surface area contributed by atoms with Crippen LogP contribution in [-0.2, 0) is 4.79 Å². The minimum atomic E-state index is -1.04. The summed E-state index contributed by atoms with van der Waals surface area (Å²) in [7, 11) is 0. The second-order valence-corrected chi connectivity index (χ2v) is 4.50. The summed E-state index contributed by atoms with van der Waals surface area (Å²) in [5, 5.41) is 11.3. The number of furan rings is 1. The van der Waals surface area contributed by atoms with Gasteiger partial charge in [0.15, 0.2) is 6.61 Å². The summed E-state index contributed by atoms with van der Waals surface area (Å²) in [4.78, 5) is 22.5. The van der Waals surface area contributed by atoms with Gasteiger partial charge in [-0.1, -0.05) is 0 Å². The van der Waals surface area contributed by atoms with Crippen molar-refractivity contribution in [3.05, 3.63) is 47.4 Å². The lowest BCUT2D eigenvalue weighted by atomic mass is 10.1. The van der Waals surface area contributed by atoms with E-state index < -0.39 is 12.6 Å². The number of benzene rings is 1. The van der Waals surface area contributed by atoms with Gasteiger partial charge in [0, 0.05) is 5.69 Å². The second-order valence-electron chi connectivity index (χ2n) is 4.50. The largest absolute Gasteiger partial charge is 0.482 e. The number of hydrogen-bond acceptors (Lipinski definition) is 4. The van der Waals surface area contributed by atoms with Crippen LogP contribution in [0.5, 0.6) is 5.75 Å². The summed E-state index contributed by atoms with van der Waals surface area (Å²) in [5.41, 5.74) is 1.87. The molecule has 1 aromatic carbocycles. The standard InChI is InChI=1S/C15H15NO5/c1-9-7-11(21-8-14(17)18)3-4-13(9)16-15(19)12-5-6-20-10(12)2/h3-7H,8H2,1-2H3,(H,16,19)(H,17,18). The van der Waals surface area contributed by atoms with E-state index in [1.54, 1.807) is 38.1 Å². The van der Waals surface area contributed by atoms with Crippen molar-refractivity contribution in [1.82, 2.24) is 0 Å². The molecule has 0 saturated carbocycles. The molecular formula is C15H15NO5. The summed E-state index contributed by atoms with van der Waals surface area (Å²) in [6, 6.07) is 6.54. The first-order valence-corrected chi connectivity index (χ1v) is 6.28. The topological polar surface area (TPSA) is 88.8 Å². The van der Waals surface area contributed by atoms with Crippen LogP contribution in [-0.4, -0.2) is 23.6 Å². The number of carbonyl (C=O) groups is 2. The zero-order chi connectivity index (χ0) is 15.4. The Morgan fingerprint density at radius 3 is 2.62 bits per heavy atom. The number of carboxylic acid groups (broad SMARTS) is 1. The van der Waals surface area contributed by atoms with Gasteiger partial charge >= 0.3 is 5.97 Å². The molecule has 2 rings (SSSR count). The van der Waals surface area contributed by atoms with Crippen molar-refractivity contribution in [2.45, 2.75) is 13.8 Å². The van der Waals surface area contributed by atoms with Crippen LogP contribution >= 0.6 is 0 Å². The molecule has 2 N–H and O–H groups in total. The second kappa shape index (κ2) is 6.13. The molecule has 0 saturated heterocycles. The van der Waals surface area contributed by atoms with Crippen LogP contribution < -0.4 is 10.1 Å². The average Bonchev–Trinajstić information content (AvgIpc) is 2.85. The predicted octanol–water partition coefficient (Wildman–Crippen LogP) is 2.61. The molecule has 1 aromatic heterocycles. The number of carbonyl (C=O) groups excluding carboxylic acids is 1. The van der Waals surface area contributed by atoms with Crippen molar-refractivity contribution in [3.63, 3.8) is 0 Å². The molecule has 6 heteroatoms. The van der Waals surface area contributed by atoms with Crippen LogP contribution in [0.1, 0.15) is 21.7 Å². The number of amides is 1. The van der Waals surface area contributed by atoms with E-state index in [4.69, 9.17) is 14.3 Å². The minimum absolute atomic E-state index is 0.261. The molecule has 21 heavy (non-hydrogen) atoms. The van der Waals surface area contributed by atoms with Crippen molar-refractivity contribution in [1.29, 1.82) is 0 Å². The third-order valence-electron chi connectivity index (χ3n) is 2.91. The monoisotopic (exact) mass is 289 g/mol. The summed E-state index contributed by atoms with van der Waals surface area (Å²) in [6.45, 7) is 3.11. The molecule has 110 valence electrons. The Morgan fingerprint density at radius 1 is 1.29 bits per heavy atom. The molecule has 0 radical (unpaired) electrons. The van der Waals surface area contributed by atoms with Crippen LogP contribution in [0.25, 0.3) is 0 Å². The smallest absolute Gasteiger partial charge is 0.341 e. The number of nitrogens with one attached hydrogen (secondary N) is 1. The molecule has 0 aliphatic rings. The lowest BCUT2D eigenvalue weighted by molar-refractivity contribution is -0.139. The first kappa shape index (κ1) is 14.6. The van der Waals surface area contributed by atoms with E-state index >= 15 is 0 Å². The first-order chi connectivity index (χ1) is 9.97. The van der Waals surface area contributed by atoms with Crippen molar-refractivity contribution in [2.75, 3.05) is 11.9 Å². The fourth-order valence-electron chi connectivity index (χ4n) is 1.82. The first-order valence-electron chi connectivity index (χ1n) is 6.28. The van der Waals surface area contributed by atoms with E-state index in [9.17, 15) is 9.59 Å². The van der Waals surface area contributed by atoms with Gasteiger partial charge in [-0.15, -0.1) is 0 Å². The van der Waals surface area contributed by atoms with Crippen LogP contribution in [0.2, 0.25) is 0 Å². The highest BCUT2D eigenvalue weighted by atomic mass is 16.5. The molecule has 0 fully saturated rings. The Morgan fingerprint density at radius 2 is 2.05 bits per heavy atom. The lowest BCUT2D eigenvalue weighted by Gasteiger charge is -2.10. The van der Waals surface area contributed by atoms with E-state index in [1.807, 2.05) is 0 Å². The molecule has 6 nitrogen and oxygen atoms in total. The number of anilines is 1. The third-order valence-corrected chi connectivity index (χ3v) is 2.91. The molecule has 1 amide bonds. The summed E-state index contributed by atoms with van der Waals surface area (Å²) in [5.74, 6) is -0.317. The van der Waals surface area contributed by atoms with Gasteiger partial charge in [-0.3, -0.25) is 4.79 Å². The molecule has 0 unspecified atom stereocenters. The fourth-order valence-corrected chi connectivity index (χ4v) is 1.82. The van der Waals surface area contributed by atoms with Crippen molar-refractivity contribution < 1.29 is 23.8 Å². The van der Waals surface area contributed by atoms with Crippen LogP contribution in [0.3, 0.4) is 0 Å². The van der Waals surface area contributed by atoms with Crippen molar-refractivity contribution in [2.24, 2.45) is 0 Å². The zero-order valence-electron chi connectivity index (χ0n) is 11.7. The lowest BCUT2D eigenvalue weighted by Crippen LogP contribution is -2.13.